The Labute approximate surface area is 248 Å². The molecule has 0 saturated carbocycles. The van der Waals surface area contributed by atoms with Gasteiger partial charge in [0.1, 0.15) is 12.4 Å². The van der Waals surface area contributed by atoms with E-state index in [0.717, 1.165) is 4.90 Å². The molecule has 1 heterocycles. The van der Waals surface area contributed by atoms with E-state index in [4.69, 9.17) is 42.6 Å². The zero-order valence-electron chi connectivity index (χ0n) is 23.9. The van der Waals surface area contributed by atoms with Crippen LogP contribution >= 0.6 is 0 Å². The second-order valence-corrected chi connectivity index (χ2v) is 8.40. The summed E-state index contributed by atoms with van der Waals surface area (Å²) in [5.41, 5.74) is -0.111. The largest absolute Gasteiger partial charge is 0.513 e. The molecule has 1 aliphatic rings. The third kappa shape index (κ3) is 17.3. The number of carbonyl (C=O) groups excluding carboxylic acids is 3. The first-order valence-electron chi connectivity index (χ1n) is 13.6. The summed E-state index contributed by atoms with van der Waals surface area (Å²) in [5.74, 6) is -0.507. The van der Waals surface area contributed by atoms with Gasteiger partial charge in [-0.3, -0.25) is 24.6 Å². The minimum absolute atomic E-state index is 0.0160. The maximum absolute atomic E-state index is 11.6. The van der Waals surface area contributed by atoms with E-state index in [1.807, 2.05) is 0 Å². The van der Waals surface area contributed by atoms with Crippen LogP contribution in [0.1, 0.15) is 0 Å². The predicted octanol–water partition coefficient (Wildman–Crippen LogP) is 1.15. The molecule has 0 atom stereocenters. The Morgan fingerprint density at radius 1 is 0.605 bits per heavy atom. The number of ether oxygens (including phenoxy) is 9. The molecule has 0 saturated heterocycles. The fourth-order valence-corrected chi connectivity index (χ4v) is 3.17. The van der Waals surface area contributed by atoms with Crippen LogP contribution in [0.25, 0.3) is 0 Å². The lowest BCUT2D eigenvalue weighted by Crippen LogP contribution is -2.33. The van der Waals surface area contributed by atoms with Crippen molar-refractivity contribution in [1.82, 2.24) is 4.90 Å². The van der Waals surface area contributed by atoms with E-state index in [2.05, 4.69) is 0 Å². The number of hydrogen-bond acceptors (Lipinski definition) is 14. The Hall–Kier alpha value is -3.51. The van der Waals surface area contributed by atoms with Crippen molar-refractivity contribution < 1.29 is 61.9 Å². The normalized spacial score (nSPS) is 12.7. The van der Waals surface area contributed by atoms with E-state index in [1.54, 1.807) is 0 Å². The summed E-state index contributed by atoms with van der Waals surface area (Å²) in [6.07, 6.45) is 1.55. The molecule has 1 aromatic carbocycles. The maximum Gasteiger partial charge on any atom is 0.513 e. The van der Waals surface area contributed by atoms with Crippen LogP contribution in [0.15, 0.2) is 36.4 Å². The second-order valence-electron chi connectivity index (χ2n) is 8.40. The Morgan fingerprint density at radius 3 is 1.37 bits per heavy atom. The molecule has 0 unspecified atom stereocenters. The van der Waals surface area contributed by atoms with Crippen molar-refractivity contribution in [3.8, 4) is 5.75 Å². The number of non-ortho nitro benzene ring substituents is 1. The minimum atomic E-state index is -0.934. The monoisotopic (exact) mass is 614 g/mol. The highest BCUT2D eigenvalue weighted by molar-refractivity contribution is 6.12. The molecular formula is C27H38N2O14. The van der Waals surface area contributed by atoms with Crippen LogP contribution < -0.4 is 4.74 Å². The quantitative estimate of drug-likeness (QED) is 0.0362. The van der Waals surface area contributed by atoms with Crippen LogP contribution in [0, 0.1) is 10.1 Å². The molecule has 16 heteroatoms. The number of benzene rings is 1. The van der Waals surface area contributed by atoms with Gasteiger partial charge in [-0.1, -0.05) is 0 Å². The van der Waals surface area contributed by atoms with Gasteiger partial charge in [-0.15, -0.1) is 0 Å². The molecule has 0 bridgehead atoms. The number of imide groups is 1. The summed E-state index contributed by atoms with van der Waals surface area (Å²) >= 11 is 0. The second kappa shape index (κ2) is 23.0. The van der Waals surface area contributed by atoms with Gasteiger partial charge in [0.25, 0.3) is 17.5 Å². The third-order valence-electron chi connectivity index (χ3n) is 5.29. The van der Waals surface area contributed by atoms with Crippen LogP contribution in [0.5, 0.6) is 5.75 Å². The van der Waals surface area contributed by atoms with Crippen LogP contribution in [0.4, 0.5) is 10.5 Å². The van der Waals surface area contributed by atoms with Crippen molar-refractivity contribution in [1.29, 1.82) is 0 Å². The van der Waals surface area contributed by atoms with Crippen LogP contribution in [0.2, 0.25) is 0 Å². The van der Waals surface area contributed by atoms with Crippen molar-refractivity contribution >= 4 is 23.7 Å². The van der Waals surface area contributed by atoms with E-state index in [-0.39, 0.29) is 49.6 Å². The zero-order valence-corrected chi connectivity index (χ0v) is 23.9. The van der Waals surface area contributed by atoms with Gasteiger partial charge >= 0.3 is 6.16 Å². The lowest BCUT2D eigenvalue weighted by Gasteiger charge is -2.13. The average Bonchev–Trinajstić information content (AvgIpc) is 3.31. The van der Waals surface area contributed by atoms with Gasteiger partial charge in [0, 0.05) is 24.3 Å². The van der Waals surface area contributed by atoms with Crippen molar-refractivity contribution in [3.63, 3.8) is 0 Å². The first-order chi connectivity index (χ1) is 21.0. The Bertz CT molecular complexity index is 970. The lowest BCUT2D eigenvalue weighted by atomic mass is 10.3. The van der Waals surface area contributed by atoms with E-state index in [0.29, 0.717) is 79.3 Å². The van der Waals surface area contributed by atoms with Crippen molar-refractivity contribution in [2.24, 2.45) is 0 Å². The maximum atomic E-state index is 11.6. The molecule has 0 fully saturated rings. The highest BCUT2D eigenvalue weighted by Crippen LogP contribution is 2.17. The number of hydrogen-bond donors (Lipinski definition) is 0. The van der Waals surface area contributed by atoms with E-state index in [1.165, 1.54) is 36.4 Å². The van der Waals surface area contributed by atoms with Gasteiger partial charge in [0.05, 0.1) is 104 Å². The smallest absolute Gasteiger partial charge is 0.432 e. The molecule has 240 valence electrons. The van der Waals surface area contributed by atoms with Crippen LogP contribution in [-0.2, 0) is 47.5 Å². The molecule has 1 aliphatic heterocycles. The molecule has 43 heavy (non-hydrogen) atoms. The van der Waals surface area contributed by atoms with Gasteiger partial charge in [-0.05, 0) is 12.1 Å². The standard InChI is InChI=1S/C27H38N2O14/c30-25-5-6-26(31)28(25)7-8-35-9-10-36-11-12-37-13-14-38-15-16-39-17-18-40-19-20-41-21-22-42-27(32)43-24-3-1-23(2-4-24)29(33)34/h1-6H,7-22H2. The SMILES string of the molecule is O=C(OCCOCCOCCOCCOCCOCCOCCOCCN1C(=O)C=CC1=O)Oc1ccc([N+](=O)[O-])cc1. The van der Waals surface area contributed by atoms with E-state index >= 15 is 0 Å². The summed E-state index contributed by atoms with van der Waals surface area (Å²) in [6, 6.07) is 5.04. The van der Waals surface area contributed by atoms with Gasteiger partial charge in [0.15, 0.2) is 0 Å². The van der Waals surface area contributed by atoms with Crippen LogP contribution in [-0.4, -0.2) is 133 Å². The molecule has 0 N–H and O–H groups in total. The number of nitro benzene ring substituents is 1. The molecule has 2 rings (SSSR count). The Kier molecular flexibility index (Phi) is 19.1. The molecule has 16 nitrogen and oxygen atoms in total. The molecule has 0 aromatic heterocycles. The molecule has 1 aromatic rings. The zero-order chi connectivity index (χ0) is 31.0. The fourth-order valence-electron chi connectivity index (χ4n) is 3.17. The van der Waals surface area contributed by atoms with Crippen LogP contribution in [0.3, 0.4) is 0 Å². The Morgan fingerprint density at radius 2 is 0.977 bits per heavy atom. The van der Waals surface area contributed by atoms with E-state index in [9.17, 15) is 24.5 Å². The third-order valence-corrected chi connectivity index (χ3v) is 5.29. The van der Waals surface area contributed by atoms with Gasteiger partial charge in [-0.25, -0.2) is 4.79 Å². The Balaban J connectivity index is 1.22. The lowest BCUT2D eigenvalue weighted by molar-refractivity contribution is -0.384. The van der Waals surface area contributed by atoms with Gasteiger partial charge in [0.2, 0.25) is 0 Å². The fraction of sp³-hybridized carbons (Fsp3) is 0.593. The highest BCUT2D eigenvalue weighted by Gasteiger charge is 2.22. The van der Waals surface area contributed by atoms with Gasteiger partial charge < -0.3 is 42.6 Å². The number of carbonyl (C=O) groups is 3. The molecule has 0 radical (unpaired) electrons. The summed E-state index contributed by atoms with van der Waals surface area (Å²) < 4.78 is 47.4. The summed E-state index contributed by atoms with van der Waals surface area (Å²) in [5, 5.41) is 10.6. The summed E-state index contributed by atoms with van der Waals surface area (Å²) in [7, 11) is 0. The molecule has 0 spiro atoms. The first kappa shape index (κ1) is 35.7. The summed E-state index contributed by atoms with van der Waals surface area (Å²) in [4.78, 5) is 45.5. The summed E-state index contributed by atoms with van der Waals surface area (Å²) in [6.45, 7) is 5.39. The van der Waals surface area contributed by atoms with Crippen molar-refractivity contribution in [2.45, 2.75) is 0 Å². The van der Waals surface area contributed by atoms with Crippen molar-refractivity contribution in [3.05, 3.63) is 46.5 Å². The van der Waals surface area contributed by atoms with Gasteiger partial charge in [-0.2, -0.15) is 0 Å². The number of nitro groups is 1. The molecule has 2 amide bonds. The molecular weight excluding hydrogens is 576 g/mol. The molecule has 0 aliphatic carbocycles. The number of rotatable bonds is 26. The predicted molar refractivity (Wildman–Crippen MR) is 147 cm³/mol. The highest BCUT2D eigenvalue weighted by atomic mass is 16.7. The first-order valence-corrected chi connectivity index (χ1v) is 13.6. The topological polar surface area (TPSA) is 181 Å². The van der Waals surface area contributed by atoms with Crippen molar-refractivity contribution in [2.75, 3.05) is 106 Å². The number of nitrogens with zero attached hydrogens (tertiary/aromatic N) is 2. The van der Waals surface area contributed by atoms with E-state index < -0.39 is 11.1 Å². The minimum Gasteiger partial charge on any atom is -0.432 e. The average molecular weight is 615 g/mol. The number of amides is 2.